The molecule has 0 amide bonds. The predicted molar refractivity (Wildman–Crippen MR) is 59.2 cm³/mol. The monoisotopic (exact) mass is 250 g/mol. The van der Waals surface area contributed by atoms with E-state index in [9.17, 15) is 13.2 Å². The van der Waals surface area contributed by atoms with E-state index in [1.54, 1.807) is 13.8 Å². The summed E-state index contributed by atoms with van der Waals surface area (Å²) in [6.07, 6.45) is 0.360. The van der Waals surface area contributed by atoms with E-state index >= 15 is 0 Å². The second kappa shape index (κ2) is 4.31. The molecule has 6 nitrogen and oxygen atoms in total. The summed E-state index contributed by atoms with van der Waals surface area (Å²) in [6, 6.07) is 0. The molecule has 0 spiro atoms. The maximum absolute atomic E-state index is 11.9. The van der Waals surface area contributed by atoms with Crippen LogP contribution in [0.3, 0.4) is 0 Å². The summed E-state index contributed by atoms with van der Waals surface area (Å²) in [5.74, 6) is -0.940. The lowest BCUT2D eigenvalue weighted by atomic mass is 9.90. The SMILES string of the molecule is CCN(C)S(=O)(=O)N1CCC(C)(C(=O)O)C1. The van der Waals surface area contributed by atoms with E-state index in [4.69, 9.17) is 5.11 Å². The van der Waals surface area contributed by atoms with Crippen molar-refractivity contribution in [1.82, 2.24) is 8.61 Å². The number of hydrogen-bond donors (Lipinski definition) is 1. The third kappa shape index (κ3) is 2.21. The van der Waals surface area contributed by atoms with E-state index in [2.05, 4.69) is 0 Å². The van der Waals surface area contributed by atoms with Gasteiger partial charge in [0, 0.05) is 26.7 Å². The Labute approximate surface area is 96.0 Å². The molecule has 1 N–H and O–H groups in total. The van der Waals surface area contributed by atoms with Crippen LogP contribution in [0.15, 0.2) is 0 Å². The summed E-state index contributed by atoms with van der Waals surface area (Å²) in [4.78, 5) is 11.0. The summed E-state index contributed by atoms with van der Waals surface area (Å²) >= 11 is 0. The van der Waals surface area contributed by atoms with Crippen LogP contribution in [-0.4, -0.2) is 54.8 Å². The maximum Gasteiger partial charge on any atom is 0.310 e. The minimum absolute atomic E-state index is 0.0506. The van der Waals surface area contributed by atoms with Crippen molar-refractivity contribution in [2.75, 3.05) is 26.7 Å². The van der Waals surface area contributed by atoms with Crippen LogP contribution in [-0.2, 0) is 15.0 Å². The first kappa shape index (κ1) is 13.4. The molecule has 1 aliphatic rings. The van der Waals surface area contributed by atoms with Crippen LogP contribution in [0.25, 0.3) is 0 Å². The number of carboxylic acid groups (broad SMARTS) is 1. The van der Waals surface area contributed by atoms with Crippen molar-refractivity contribution in [3.8, 4) is 0 Å². The van der Waals surface area contributed by atoms with Gasteiger partial charge >= 0.3 is 5.97 Å². The molecular weight excluding hydrogens is 232 g/mol. The highest BCUT2D eigenvalue weighted by molar-refractivity contribution is 7.86. The van der Waals surface area contributed by atoms with Gasteiger partial charge in [-0.3, -0.25) is 4.79 Å². The molecule has 0 aliphatic carbocycles. The van der Waals surface area contributed by atoms with Crippen LogP contribution in [0.1, 0.15) is 20.3 Å². The molecule has 0 saturated carbocycles. The molecule has 94 valence electrons. The number of carboxylic acids is 1. The molecule has 0 bridgehead atoms. The van der Waals surface area contributed by atoms with Crippen LogP contribution in [0.5, 0.6) is 0 Å². The first-order chi connectivity index (χ1) is 7.24. The third-order valence-corrected chi connectivity index (χ3v) is 5.13. The van der Waals surface area contributed by atoms with Gasteiger partial charge in [-0.2, -0.15) is 17.0 Å². The van der Waals surface area contributed by atoms with E-state index in [1.807, 2.05) is 0 Å². The van der Waals surface area contributed by atoms with Crippen molar-refractivity contribution in [2.24, 2.45) is 5.41 Å². The van der Waals surface area contributed by atoms with Crippen LogP contribution in [0.4, 0.5) is 0 Å². The summed E-state index contributed by atoms with van der Waals surface area (Å²) in [6.45, 7) is 4.02. The van der Waals surface area contributed by atoms with Crippen LogP contribution >= 0.6 is 0 Å². The lowest BCUT2D eigenvalue weighted by molar-refractivity contribution is -0.146. The fraction of sp³-hybridized carbons (Fsp3) is 0.889. The van der Waals surface area contributed by atoms with Gasteiger partial charge in [-0.25, -0.2) is 0 Å². The molecule has 7 heteroatoms. The highest BCUT2D eigenvalue weighted by Gasteiger charge is 2.45. The molecule has 0 aromatic carbocycles. The van der Waals surface area contributed by atoms with Gasteiger partial charge in [0.1, 0.15) is 0 Å². The highest BCUT2D eigenvalue weighted by Crippen LogP contribution is 2.32. The Morgan fingerprint density at radius 2 is 2.12 bits per heavy atom. The van der Waals surface area contributed by atoms with Crippen molar-refractivity contribution >= 4 is 16.2 Å². The summed E-state index contributed by atoms with van der Waals surface area (Å²) in [5.41, 5.74) is -0.957. The Morgan fingerprint density at radius 3 is 2.50 bits per heavy atom. The molecule has 0 aromatic rings. The van der Waals surface area contributed by atoms with E-state index < -0.39 is 21.6 Å². The number of nitrogens with zero attached hydrogens (tertiary/aromatic N) is 2. The van der Waals surface area contributed by atoms with Crippen LogP contribution < -0.4 is 0 Å². The van der Waals surface area contributed by atoms with Gasteiger partial charge in [-0.15, -0.1) is 0 Å². The van der Waals surface area contributed by atoms with Crippen molar-refractivity contribution in [3.05, 3.63) is 0 Å². The Morgan fingerprint density at radius 1 is 1.56 bits per heavy atom. The van der Waals surface area contributed by atoms with Crippen molar-refractivity contribution in [1.29, 1.82) is 0 Å². The summed E-state index contributed by atoms with van der Waals surface area (Å²) in [5, 5.41) is 9.02. The van der Waals surface area contributed by atoms with Crippen molar-refractivity contribution < 1.29 is 18.3 Å². The highest BCUT2D eigenvalue weighted by atomic mass is 32.2. The molecule has 1 aliphatic heterocycles. The molecule has 1 heterocycles. The van der Waals surface area contributed by atoms with Gasteiger partial charge in [0.15, 0.2) is 0 Å². The average Bonchev–Trinajstić information content (AvgIpc) is 2.61. The molecular formula is C9H18N2O4S. The first-order valence-corrected chi connectivity index (χ1v) is 6.58. The maximum atomic E-state index is 11.9. The molecule has 1 atom stereocenters. The molecule has 0 radical (unpaired) electrons. The van der Waals surface area contributed by atoms with Gasteiger partial charge < -0.3 is 5.11 Å². The molecule has 16 heavy (non-hydrogen) atoms. The average molecular weight is 250 g/mol. The normalized spacial score (nSPS) is 27.5. The first-order valence-electron chi connectivity index (χ1n) is 5.19. The number of rotatable bonds is 4. The number of hydrogen-bond acceptors (Lipinski definition) is 3. The zero-order valence-corrected chi connectivity index (χ0v) is 10.6. The van der Waals surface area contributed by atoms with Gasteiger partial charge in [0.2, 0.25) is 0 Å². The smallest absolute Gasteiger partial charge is 0.310 e. The molecule has 1 fully saturated rings. The van der Waals surface area contributed by atoms with Gasteiger partial charge in [-0.05, 0) is 13.3 Å². The number of carbonyl (C=O) groups is 1. The fourth-order valence-corrected chi connectivity index (χ4v) is 3.14. The Balaban J connectivity index is 2.85. The van der Waals surface area contributed by atoms with E-state index in [1.165, 1.54) is 15.7 Å². The fourth-order valence-electron chi connectivity index (χ4n) is 1.65. The summed E-state index contributed by atoms with van der Waals surface area (Å²) in [7, 11) is -2.00. The van der Waals surface area contributed by atoms with Crippen molar-refractivity contribution in [3.63, 3.8) is 0 Å². The lowest BCUT2D eigenvalue weighted by Gasteiger charge is -2.24. The zero-order chi connectivity index (χ0) is 12.6. The van der Waals surface area contributed by atoms with Crippen LogP contribution in [0.2, 0.25) is 0 Å². The van der Waals surface area contributed by atoms with Crippen LogP contribution in [0, 0.1) is 5.41 Å². The van der Waals surface area contributed by atoms with Gasteiger partial charge in [0.05, 0.1) is 5.41 Å². The van der Waals surface area contributed by atoms with Crippen molar-refractivity contribution in [2.45, 2.75) is 20.3 Å². The number of aliphatic carboxylic acids is 1. The van der Waals surface area contributed by atoms with E-state index in [-0.39, 0.29) is 13.1 Å². The predicted octanol–water partition coefficient (Wildman–Crippen LogP) is -0.0205. The Hall–Kier alpha value is -0.660. The minimum Gasteiger partial charge on any atom is -0.481 e. The molecule has 0 aromatic heterocycles. The zero-order valence-electron chi connectivity index (χ0n) is 9.80. The second-order valence-corrected chi connectivity index (χ2v) is 6.41. The Kier molecular flexibility index (Phi) is 3.61. The largest absolute Gasteiger partial charge is 0.481 e. The standard InChI is InChI=1S/C9H18N2O4S/c1-4-10(3)16(14,15)11-6-5-9(2,7-11)8(12)13/h4-7H2,1-3H3,(H,12,13). The molecule has 1 saturated heterocycles. The quantitative estimate of drug-likeness (QED) is 0.760. The Bertz CT molecular complexity index is 381. The van der Waals surface area contributed by atoms with Gasteiger partial charge in [0.25, 0.3) is 10.2 Å². The topological polar surface area (TPSA) is 77.9 Å². The van der Waals surface area contributed by atoms with Gasteiger partial charge in [-0.1, -0.05) is 6.92 Å². The second-order valence-electron chi connectivity index (χ2n) is 4.37. The molecule has 1 rings (SSSR count). The van der Waals surface area contributed by atoms with E-state index in [0.29, 0.717) is 13.0 Å². The lowest BCUT2D eigenvalue weighted by Crippen LogP contribution is -2.42. The minimum atomic E-state index is -3.49. The molecule has 1 unspecified atom stereocenters. The third-order valence-electron chi connectivity index (χ3n) is 3.12. The van der Waals surface area contributed by atoms with E-state index in [0.717, 1.165) is 0 Å². The summed E-state index contributed by atoms with van der Waals surface area (Å²) < 4.78 is 26.3.